The van der Waals surface area contributed by atoms with E-state index in [9.17, 15) is 4.79 Å². The lowest BCUT2D eigenvalue weighted by atomic mass is 10.0. The zero-order valence-corrected chi connectivity index (χ0v) is 11.3. The Morgan fingerprint density at radius 2 is 1.95 bits per heavy atom. The summed E-state index contributed by atoms with van der Waals surface area (Å²) in [7, 11) is 0. The minimum absolute atomic E-state index is 0.0104. The zero-order valence-electron chi connectivity index (χ0n) is 11.3. The van der Waals surface area contributed by atoms with Crippen LogP contribution in [0.1, 0.15) is 27.4 Å². The van der Waals surface area contributed by atoms with Crippen LogP contribution in [0, 0.1) is 0 Å². The van der Waals surface area contributed by atoms with Crippen LogP contribution in [0.3, 0.4) is 0 Å². The first-order valence-electron chi connectivity index (χ1n) is 6.87. The molecular formula is C17H13NO3. The molecule has 2 heterocycles. The summed E-state index contributed by atoms with van der Waals surface area (Å²) in [5.41, 5.74) is 4.43. The Kier molecular flexibility index (Phi) is 2.82. The number of oxazole rings is 1. The number of nitrogens with zero attached hydrogens (tertiary/aromatic N) is 1. The van der Waals surface area contributed by atoms with Crippen LogP contribution in [0.4, 0.5) is 0 Å². The van der Waals surface area contributed by atoms with Crippen molar-refractivity contribution in [2.24, 2.45) is 0 Å². The lowest BCUT2D eigenvalue weighted by molar-refractivity contribution is 0.0986. The molecule has 0 bridgehead atoms. The van der Waals surface area contributed by atoms with E-state index in [1.54, 1.807) is 0 Å². The lowest BCUT2D eigenvalue weighted by Crippen LogP contribution is -2.04. The summed E-state index contributed by atoms with van der Waals surface area (Å²) in [5.74, 6) is 0.467. The summed E-state index contributed by atoms with van der Waals surface area (Å²) in [6.45, 7) is 1.22. The lowest BCUT2D eigenvalue weighted by Gasteiger charge is -2.01. The maximum absolute atomic E-state index is 12.3. The minimum atomic E-state index is 0.0104. The van der Waals surface area contributed by atoms with E-state index in [0.29, 0.717) is 30.3 Å². The third-order valence-corrected chi connectivity index (χ3v) is 3.69. The topological polar surface area (TPSA) is 52.3 Å². The van der Waals surface area contributed by atoms with Crippen LogP contribution < -0.4 is 0 Å². The van der Waals surface area contributed by atoms with Gasteiger partial charge in [-0.2, -0.15) is 0 Å². The van der Waals surface area contributed by atoms with Crippen LogP contribution in [0.5, 0.6) is 0 Å². The van der Waals surface area contributed by atoms with Gasteiger partial charge in [-0.1, -0.05) is 24.3 Å². The van der Waals surface area contributed by atoms with E-state index in [1.807, 2.05) is 42.5 Å². The smallest absolute Gasteiger partial charge is 0.203 e. The van der Waals surface area contributed by atoms with E-state index in [1.165, 1.54) is 0 Å². The Bertz CT molecular complexity index is 802. The fraction of sp³-hybridized carbons (Fsp3) is 0.176. The van der Waals surface area contributed by atoms with Crippen molar-refractivity contribution >= 4 is 16.9 Å². The average Bonchev–Trinajstić information content (AvgIpc) is 3.11. The third-order valence-electron chi connectivity index (χ3n) is 3.69. The number of rotatable bonds is 3. The summed E-state index contributed by atoms with van der Waals surface area (Å²) in [4.78, 5) is 16.7. The number of carbonyl (C=O) groups excluding carboxylic acids is 1. The van der Waals surface area contributed by atoms with E-state index in [0.717, 1.165) is 16.6 Å². The highest BCUT2D eigenvalue weighted by molar-refractivity contribution is 5.97. The molecule has 4 rings (SSSR count). The van der Waals surface area contributed by atoms with Crippen molar-refractivity contribution in [2.45, 2.75) is 19.6 Å². The Labute approximate surface area is 121 Å². The number of ketones is 1. The normalized spacial score (nSPS) is 13.5. The van der Waals surface area contributed by atoms with Crippen LogP contribution >= 0.6 is 0 Å². The molecule has 1 aliphatic rings. The zero-order chi connectivity index (χ0) is 14.2. The summed E-state index contributed by atoms with van der Waals surface area (Å²) < 4.78 is 11.0. The molecule has 0 saturated heterocycles. The second-order valence-electron chi connectivity index (χ2n) is 5.15. The SMILES string of the molecule is O=C(Cc1nc2ccccc2o1)c1ccc2c(c1)COC2. The molecule has 0 saturated carbocycles. The maximum Gasteiger partial charge on any atom is 0.203 e. The van der Waals surface area contributed by atoms with Gasteiger partial charge in [0.1, 0.15) is 5.52 Å². The molecule has 0 N–H and O–H groups in total. The van der Waals surface area contributed by atoms with Crippen molar-refractivity contribution in [3.8, 4) is 0 Å². The monoisotopic (exact) mass is 279 g/mol. The molecule has 0 fully saturated rings. The van der Waals surface area contributed by atoms with Crippen molar-refractivity contribution in [1.82, 2.24) is 4.98 Å². The Morgan fingerprint density at radius 1 is 1.10 bits per heavy atom. The molecule has 0 radical (unpaired) electrons. The first-order chi connectivity index (χ1) is 10.3. The highest BCUT2D eigenvalue weighted by Crippen LogP contribution is 2.22. The third kappa shape index (κ3) is 2.23. The molecule has 1 aliphatic heterocycles. The average molecular weight is 279 g/mol. The van der Waals surface area contributed by atoms with Gasteiger partial charge in [-0.05, 0) is 29.3 Å². The maximum atomic E-state index is 12.3. The Hall–Kier alpha value is -2.46. The first-order valence-corrected chi connectivity index (χ1v) is 6.87. The van der Waals surface area contributed by atoms with Crippen LogP contribution in [0.25, 0.3) is 11.1 Å². The molecule has 0 unspecified atom stereocenters. The number of Topliss-reactive ketones (excluding diaryl/α,β-unsaturated/α-hetero) is 1. The molecule has 3 aromatic rings. The largest absolute Gasteiger partial charge is 0.440 e. The fourth-order valence-corrected chi connectivity index (χ4v) is 2.58. The van der Waals surface area contributed by atoms with Gasteiger partial charge in [-0.15, -0.1) is 0 Å². The number of fused-ring (bicyclic) bond motifs is 2. The second kappa shape index (κ2) is 4.82. The molecule has 1 aromatic heterocycles. The van der Waals surface area contributed by atoms with Crippen molar-refractivity contribution < 1.29 is 13.9 Å². The number of hydrogen-bond donors (Lipinski definition) is 0. The predicted octanol–water partition coefficient (Wildman–Crippen LogP) is 3.28. The molecule has 4 heteroatoms. The van der Waals surface area contributed by atoms with E-state index >= 15 is 0 Å². The number of aromatic nitrogens is 1. The number of carbonyl (C=O) groups is 1. The van der Waals surface area contributed by atoms with Gasteiger partial charge in [0, 0.05) is 5.56 Å². The molecule has 0 aliphatic carbocycles. The molecule has 0 atom stereocenters. The van der Waals surface area contributed by atoms with Crippen LogP contribution in [-0.2, 0) is 24.4 Å². The quantitative estimate of drug-likeness (QED) is 0.690. The Balaban J connectivity index is 1.60. The van der Waals surface area contributed by atoms with Crippen LogP contribution in [0.15, 0.2) is 46.9 Å². The predicted molar refractivity (Wildman–Crippen MR) is 77.0 cm³/mol. The van der Waals surface area contributed by atoms with Gasteiger partial charge < -0.3 is 9.15 Å². The van der Waals surface area contributed by atoms with Gasteiger partial charge in [-0.25, -0.2) is 4.98 Å². The van der Waals surface area contributed by atoms with E-state index in [-0.39, 0.29) is 12.2 Å². The van der Waals surface area contributed by atoms with E-state index in [2.05, 4.69) is 4.98 Å². The standard InChI is InChI=1S/C17H13NO3/c19-15(11-5-6-12-9-20-10-13(12)7-11)8-17-18-14-3-1-2-4-16(14)21-17/h1-7H,8-10H2. The molecule has 21 heavy (non-hydrogen) atoms. The molecule has 2 aromatic carbocycles. The van der Waals surface area contributed by atoms with Crippen molar-refractivity contribution in [1.29, 1.82) is 0 Å². The number of para-hydroxylation sites is 2. The van der Waals surface area contributed by atoms with Gasteiger partial charge in [0.25, 0.3) is 0 Å². The molecule has 0 amide bonds. The first kappa shape index (κ1) is 12.3. The van der Waals surface area contributed by atoms with Crippen molar-refractivity contribution in [3.05, 3.63) is 65.0 Å². The van der Waals surface area contributed by atoms with E-state index < -0.39 is 0 Å². The van der Waals surface area contributed by atoms with Crippen molar-refractivity contribution in [2.75, 3.05) is 0 Å². The van der Waals surface area contributed by atoms with Gasteiger partial charge in [0.05, 0.1) is 19.6 Å². The van der Waals surface area contributed by atoms with Gasteiger partial charge in [0.2, 0.25) is 5.89 Å². The summed E-state index contributed by atoms with van der Waals surface area (Å²) in [5, 5.41) is 0. The molecular weight excluding hydrogens is 266 g/mol. The highest BCUT2D eigenvalue weighted by atomic mass is 16.5. The van der Waals surface area contributed by atoms with Crippen LogP contribution in [-0.4, -0.2) is 10.8 Å². The number of benzene rings is 2. The molecule has 4 nitrogen and oxygen atoms in total. The summed E-state index contributed by atoms with van der Waals surface area (Å²) in [6, 6.07) is 13.2. The fourth-order valence-electron chi connectivity index (χ4n) is 2.58. The second-order valence-corrected chi connectivity index (χ2v) is 5.15. The van der Waals surface area contributed by atoms with Gasteiger partial charge in [0.15, 0.2) is 11.4 Å². The van der Waals surface area contributed by atoms with Gasteiger partial charge in [-0.3, -0.25) is 4.79 Å². The Morgan fingerprint density at radius 3 is 2.86 bits per heavy atom. The summed E-state index contributed by atoms with van der Waals surface area (Å²) >= 11 is 0. The van der Waals surface area contributed by atoms with Crippen molar-refractivity contribution in [3.63, 3.8) is 0 Å². The molecule has 0 spiro atoms. The highest BCUT2D eigenvalue weighted by Gasteiger charge is 2.16. The molecule has 104 valence electrons. The van der Waals surface area contributed by atoms with Gasteiger partial charge >= 0.3 is 0 Å². The van der Waals surface area contributed by atoms with E-state index in [4.69, 9.17) is 9.15 Å². The summed E-state index contributed by atoms with van der Waals surface area (Å²) in [6.07, 6.45) is 0.175. The minimum Gasteiger partial charge on any atom is -0.440 e. The van der Waals surface area contributed by atoms with Crippen LogP contribution in [0.2, 0.25) is 0 Å². The number of ether oxygens (including phenoxy) is 1. The number of hydrogen-bond acceptors (Lipinski definition) is 4.